The maximum atomic E-state index is 11.6. The van der Waals surface area contributed by atoms with Gasteiger partial charge in [-0.05, 0) is 24.6 Å². The summed E-state index contributed by atoms with van der Waals surface area (Å²) in [5, 5.41) is 18.2. The van der Waals surface area contributed by atoms with Crippen LogP contribution in [0.15, 0.2) is 18.2 Å². The monoisotopic (exact) mass is 293 g/mol. The molecular weight excluding hydrogens is 282 g/mol. The summed E-state index contributed by atoms with van der Waals surface area (Å²) in [6.07, 6.45) is 0.260. The minimum absolute atomic E-state index is 0.122. The average molecular weight is 294 g/mol. The smallest absolute Gasteiger partial charge is 0.335 e. The third kappa shape index (κ3) is 4.08. The number of benzene rings is 1. The van der Waals surface area contributed by atoms with Gasteiger partial charge in [0.15, 0.2) is 0 Å². The maximum Gasteiger partial charge on any atom is 0.335 e. The van der Waals surface area contributed by atoms with E-state index in [0.29, 0.717) is 0 Å². The fraction of sp³-hybridized carbons (Fsp3) is 0.300. The molecule has 0 aromatic heterocycles. The normalized spacial score (nSPS) is 11.2. The number of halogens is 1. The summed E-state index contributed by atoms with van der Waals surface area (Å²) in [6, 6.07) is 3.34. The average Bonchev–Trinajstić information content (AvgIpc) is 2.29. The first-order valence-electron chi connectivity index (χ1n) is 4.98. The molecule has 0 aliphatic heterocycles. The van der Waals surface area contributed by atoms with E-state index in [1.54, 1.807) is 0 Å². The molecular formula is C10H12ClNO5S. The topological polar surface area (TPSA) is 104 Å². The van der Waals surface area contributed by atoms with Gasteiger partial charge in [-0.25, -0.2) is 13.2 Å². The largest absolute Gasteiger partial charge is 0.506 e. The van der Waals surface area contributed by atoms with Gasteiger partial charge in [0.25, 0.3) is 0 Å². The van der Waals surface area contributed by atoms with Crippen LogP contribution in [0.4, 0.5) is 5.69 Å². The van der Waals surface area contributed by atoms with Crippen molar-refractivity contribution in [2.75, 3.05) is 16.4 Å². The van der Waals surface area contributed by atoms with E-state index in [0.717, 1.165) is 12.1 Å². The molecule has 1 aromatic carbocycles. The molecule has 0 aliphatic carbocycles. The molecule has 3 N–H and O–H groups in total. The van der Waals surface area contributed by atoms with Gasteiger partial charge in [0, 0.05) is 5.88 Å². The third-order valence-corrected chi connectivity index (χ3v) is 3.68. The Kier molecular flexibility index (Phi) is 4.80. The Morgan fingerprint density at radius 1 is 1.39 bits per heavy atom. The highest BCUT2D eigenvalue weighted by Gasteiger charge is 2.14. The summed E-state index contributed by atoms with van der Waals surface area (Å²) in [5.41, 5.74) is -0.285. The number of carboxylic acid groups (broad SMARTS) is 1. The highest BCUT2D eigenvalue weighted by atomic mass is 35.5. The van der Waals surface area contributed by atoms with Gasteiger partial charge < -0.3 is 10.2 Å². The van der Waals surface area contributed by atoms with Crippen molar-refractivity contribution in [3.63, 3.8) is 0 Å². The molecule has 0 spiro atoms. The van der Waals surface area contributed by atoms with Gasteiger partial charge in [0.2, 0.25) is 10.0 Å². The molecule has 0 saturated carbocycles. The molecule has 0 radical (unpaired) electrons. The van der Waals surface area contributed by atoms with E-state index in [-0.39, 0.29) is 35.1 Å². The Hall–Kier alpha value is -1.47. The van der Waals surface area contributed by atoms with Crippen LogP contribution in [0.1, 0.15) is 16.8 Å². The van der Waals surface area contributed by atoms with Gasteiger partial charge in [-0.3, -0.25) is 4.72 Å². The number of phenols is 1. The first-order valence-corrected chi connectivity index (χ1v) is 7.17. The van der Waals surface area contributed by atoms with Crippen molar-refractivity contribution in [1.29, 1.82) is 0 Å². The zero-order valence-corrected chi connectivity index (χ0v) is 10.8. The summed E-state index contributed by atoms with van der Waals surface area (Å²) < 4.78 is 25.2. The second-order valence-corrected chi connectivity index (χ2v) is 5.72. The molecule has 0 aliphatic rings. The van der Waals surface area contributed by atoms with Crippen LogP contribution in [0.5, 0.6) is 5.75 Å². The van der Waals surface area contributed by atoms with Gasteiger partial charge in [-0.2, -0.15) is 0 Å². The third-order valence-electron chi connectivity index (χ3n) is 2.06. The Balaban J connectivity index is 2.96. The van der Waals surface area contributed by atoms with Crippen molar-refractivity contribution in [3.8, 4) is 5.75 Å². The number of hydrogen-bond acceptors (Lipinski definition) is 4. The van der Waals surface area contributed by atoms with E-state index >= 15 is 0 Å². The van der Waals surface area contributed by atoms with Crippen molar-refractivity contribution >= 4 is 33.3 Å². The molecule has 0 atom stereocenters. The quantitative estimate of drug-likeness (QED) is 0.544. The molecule has 0 amide bonds. The van der Waals surface area contributed by atoms with Crippen LogP contribution in [0.3, 0.4) is 0 Å². The van der Waals surface area contributed by atoms with Gasteiger partial charge in [0.05, 0.1) is 17.0 Å². The minimum atomic E-state index is -3.65. The van der Waals surface area contributed by atoms with Crippen molar-refractivity contribution < 1.29 is 23.4 Å². The maximum absolute atomic E-state index is 11.6. The Bertz CT molecular complexity index is 543. The highest BCUT2D eigenvalue weighted by molar-refractivity contribution is 7.92. The lowest BCUT2D eigenvalue weighted by Gasteiger charge is -2.09. The predicted molar refractivity (Wildman–Crippen MR) is 67.8 cm³/mol. The lowest BCUT2D eigenvalue weighted by atomic mass is 10.2. The molecule has 18 heavy (non-hydrogen) atoms. The van der Waals surface area contributed by atoms with Crippen molar-refractivity contribution in [3.05, 3.63) is 23.8 Å². The highest BCUT2D eigenvalue weighted by Crippen LogP contribution is 2.25. The lowest BCUT2D eigenvalue weighted by Crippen LogP contribution is -2.17. The van der Waals surface area contributed by atoms with E-state index in [4.69, 9.17) is 16.7 Å². The van der Waals surface area contributed by atoms with E-state index in [2.05, 4.69) is 4.72 Å². The number of alkyl halides is 1. The molecule has 6 nitrogen and oxygen atoms in total. The van der Waals surface area contributed by atoms with Crippen LogP contribution >= 0.6 is 11.6 Å². The summed E-state index contributed by atoms with van der Waals surface area (Å²) in [4.78, 5) is 10.7. The van der Waals surface area contributed by atoms with Gasteiger partial charge in [-0.1, -0.05) is 0 Å². The van der Waals surface area contributed by atoms with E-state index in [1.807, 2.05) is 0 Å². The molecule has 0 unspecified atom stereocenters. The van der Waals surface area contributed by atoms with Crippen LogP contribution in [0.2, 0.25) is 0 Å². The molecule has 1 rings (SSSR count). The molecule has 0 bridgehead atoms. The van der Waals surface area contributed by atoms with Gasteiger partial charge in [-0.15, -0.1) is 11.6 Å². The van der Waals surface area contributed by atoms with Crippen LogP contribution < -0.4 is 4.72 Å². The molecule has 1 aromatic rings. The van der Waals surface area contributed by atoms with E-state index in [1.165, 1.54) is 6.07 Å². The standard InChI is InChI=1S/C10H12ClNO5S/c11-4-1-5-18(16,17)12-8-6-7(10(14)15)2-3-9(8)13/h2-3,6,12-13H,1,4-5H2,(H,14,15). The number of nitrogens with one attached hydrogen (secondary N) is 1. The Labute approximate surface area is 109 Å². The van der Waals surface area contributed by atoms with Gasteiger partial charge >= 0.3 is 5.97 Å². The molecule has 0 saturated heterocycles. The fourth-order valence-electron chi connectivity index (χ4n) is 1.21. The fourth-order valence-corrected chi connectivity index (χ4v) is 2.63. The first-order chi connectivity index (χ1) is 8.35. The van der Waals surface area contributed by atoms with Crippen molar-refractivity contribution in [2.24, 2.45) is 0 Å². The summed E-state index contributed by atoms with van der Waals surface area (Å²) >= 11 is 5.39. The van der Waals surface area contributed by atoms with E-state index in [9.17, 15) is 18.3 Å². The number of carbonyl (C=O) groups is 1. The summed E-state index contributed by atoms with van der Waals surface area (Å²) in [7, 11) is -3.65. The van der Waals surface area contributed by atoms with Crippen LogP contribution in [-0.2, 0) is 10.0 Å². The zero-order valence-electron chi connectivity index (χ0n) is 9.26. The van der Waals surface area contributed by atoms with Crippen LogP contribution in [-0.4, -0.2) is 36.2 Å². The first kappa shape index (κ1) is 14.6. The lowest BCUT2D eigenvalue weighted by molar-refractivity contribution is 0.0697. The molecule has 0 heterocycles. The number of anilines is 1. The number of phenolic OH excluding ortho intramolecular Hbond substituents is 1. The second-order valence-electron chi connectivity index (χ2n) is 3.50. The molecule has 100 valence electrons. The zero-order chi connectivity index (χ0) is 13.8. The van der Waals surface area contributed by atoms with E-state index < -0.39 is 16.0 Å². The SMILES string of the molecule is O=C(O)c1ccc(O)c(NS(=O)(=O)CCCCl)c1. The predicted octanol–water partition coefficient (Wildman–Crippen LogP) is 1.46. The minimum Gasteiger partial charge on any atom is -0.506 e. The number of aromatic hydroxyl groups is 1. The number of sulfonamides is 1. The van der Waals surface area contributed by atoms with Crippen molar-refractivity contribution in [1.82, 2.24) is 0 Å². The Morgan fingerprint density at radius 2 is 2.06 bits per heavy atom. The number of rotatable bonds is 6. The number of aromatic carboxylic acids is 1. The van der Waals surface area contributed by atoms with Crippen LogP contribution in [0, 0.1) is 0 Å². The summed E-state index contributed by atoms with van der Waals surface area (Å²) in [5.74, 6) is -1.55. The number of hydrogen-bond donors (Lipinski definition) is 3. The van der Waals surface area contributed by atoms with Crippen molar-refractivity contribution in [2.45, 2.75) is 6.42 Å². The molecule has 8 heteroatoms. The Morgan fingerprint density at radius 3 is 2.61 bits per heavy atom. The summed E-state index contributed by atoms with van der Waals surface area (Å²) in [6.45, 7) is 0. The second kappa shape index (κ2) is 5.92. The number of carboxylic acids is 1. The van der Waals surface area contributed by atoms with Crippen LogP contribution in [0.25, 0.3) is 0 Å². The molecule has 0 fully saturated rings. The van der Waals surface area contributed by atoms with Gasteiger partial charge in [0.1, 0.15) is 5.75 Å².